The molecule has 2 heterocycles. The summed E-state index contributed by atoms with van der Waals surface area (Å²) in [6.45, 7) is 3.14. The van der Waals surface area contributed by atoms with Crippen LogP contribution in [0.5, 0.6) is 11.5 Å². The summed E-state index contributed by atoms with van der Waals surface area (Å²) in [5, 5.41) is 10.6. The van der Waals surface area contributed by atoms with Crippen LogP contribution in [0.15, 0.2) is 23.2 Å². The number of Topliss-reactive ketones (excluding diaryl/α,β-unsaturated/α-hetero) is 1. The lowest BCUT2D eigenvalue weighted by molar-refractivity contribution is -0.114. The van der Waals surface area contributed by atoms with E-state index in [-0.39, 0.29) is 11.5 Å². The number of thioether (sulfide) groups is 1. The van der Waals surface area contributed by atoms with E-state index in [2.05, 4.69) is 18.0 Å². The van der Waals surface area contributed by atoms with Crippen molar-refractivity contribution in [1.29, 1.82) is 5.26 Å². The van der Waals surface area contributed by atoms with Crippen LogP contribution in [0, 0.1) is 11.3 Å². The summed E-state index contributed by atoms with van der Waals surface area (Å²) in [4.78, 5) is 18.5. The van der Waals surface area contributed by atoms with Gasteiger partial charge in [0, 0.05) is 36.3 Å². The van der Waals surface area contributed by atoms with Crippen LogP contribution in [0.1, 0.15) is 23.7 Å². The number of carbonyl (C=O) groups excluding carboxylic acids is 1. The summed E-state index contributed by atoms with van der Waals surface area (Å²) in [6.07, 6.45) is 0.796. The molecule has 0 radical (unpaired) electrons. The van der Waals surface area contributed by atoms with E-state index in [9.17, 15) is 10.1 Å². The maximum Gasteiger partial charge on any atom is 0.140 e. The highest BCUT2D eigenvalue weighted by molar-refractivity contribution is 8.00. The second-order valence-corrected chi connectivity index (χ2v) is 7.71. The number of likely N-dealkylation sites (N-methyl/N-ethyl adjacent to an activating group) is 1. The van der Waals surface area contributed by atoms with Crippen LogP contribution < -0.4 is 9.47 Å². The summed E-state index contributed by atoms with van der Waals surface area (Å²) in [5.74, 6) is 1.69. The molecule has 0 fully saturated rings. The number of hydrogen-bond donors (Lipinski definition) is 0. The summed E-state index contributed by atoms with van der Waals surface area (Å²) < 4.78 is 11.0. The van der Waals surface area contributed by atoms with Crippen LogP contribution in [0.25, 0.3) is 11.1 Å². The quantitative estimate of drug-likeness (QED) is 0.692. The highest BCUT2D eigenvalue weighted by Crippen LogP contribution is 2.42. The number of ether oxygens (including phenoxy) is 2. The smallest absolute Gasteiger partial charge is 0.140 e. The van der Waals surface area contributed by atoms with Crippen molar-refractivity contribution in [1.82, 2.24) is 9.88 Å². The van der Waals surface area contributed by atoms with Gasteiger partial charge in [-0.1, -0.05) is 11.8 Å². The van der Waals surface area contributed by atoms with Crippen LogP contribution in [-0.4, -0.2) is 49.2 Å². The van der Waals surface area contributed by atoms with Crippen molar-refractivity contribution in [2.75, 3.05) is 33.6 Å². The van der Waals surface area contributed by atoms with Crippen LogP contribution >= 0.6 is 11.8 Å². The molecule has 0 bridgehead atoms. The van der Waals surface area contributed by atoms with Gasteiger partial charge in [-0.15, -0.1) is 0 Å². The predicted molar refractivity (Wildman–Crippen MR) is 109 cm³/mol. The largest absolute Gasteiger partial charge is 0.497 e. The third-order valence-electron chi connectivity index (χ3n) is 4.71. The molecule has 0 unspecified atom stereocenters. The first-order chi connectivity index (χ1) is 13.5. The van der Waals surface area contributed by atoms with E-state index in [0.717, 1.165) is 35.3 Å². The average Bonchev–Trinajstić information content (AvgIpc) is 2.70. The Kier molecular flexibility index (Phi) is 6.22. The average molecular weight is 398 g/mol. The lowest BCUT2D eigenvalue weighted by Crippen LogP contribution is -2.28. The molecule has 6 nitrogen and oxygen atoms in total. The van der Waals surface area contributed by atoms with Gasteiger partial charge >= 0.3 is 0 Å². The zero-order chi connectivity index (χ0) is 20.3. The number of fused-ring (bicyclic) bond motifs is 1. The Balaban J connectivity index is 2.30. The number of aromatic nitrogens is 1. The van der Waals surface area contributed by atoms with Gasteiger partial charge in [-0.05, 0) is 37.7 Å². The first-order valence-electron chi connectivity index (χ1n) is 8.97. The topological polar surface area (TPSA) is 75.5 Å². The fraction of sp³-hybridized carbons (Fsp3) is 0.381. The minimum Gasteiger partial charge on any atom is -0.497 e. The monoisotopic (exact) mass is 397 g/mol. The Hall–Kier alpha value is -2.56. The molecule has 0 saturated heterocycles. The number of benzene rings is 1. The minimum absolute atomic E-state index is 0.0497. The Morgan fingerprint density at radius 2 is 2.14 bits per heavy atom. The Labute approximate surface area is 169 Å². The zero-order valence-corrected chi connectivity index (χ0v) is 17.4. The van der Waals surface area contributed by atoms with E-state index >= 15 is 0 Å². The van der Waals surface area contributed by atoms with Gasteiger partial charge in [0.2, 0.25) is 0 Å². The predicted octanol–water partition coefficient (Wildman–Crippen LogP) is 3.31. The Morgan fingerprint density at radius 1 is 1.36 bits per heavy atom. The third kappa shape index (κ3) is 3.98. The first kappa shape index (κ1) is 20.2. The number of methoxy groups -OCH3 is 2. The van der Waals surface area contributed by atoms with Gasteiger partial charge in [-0.25, -0.2) is 4.98 Å². The molecule has 0 aliphatic carbocycles. The van der Waals surface area contributed by atoms with Gasteiger partial charge < -0.3 is 14.4 Å². The molecule has 7 heteroatoms. The summed E-state index contributed by atoms with van der Waals surface area (Å²) in [7, 11) is 5.28. The number of ketones is 1. The molecule has 0 amide bonds. The van der Waals surface area contributed by atoms with E-state index < -0.39 is 0 Å². The molecule has 1 aromatic heterocycles. The molecule has 3 rings (SSSR count). The van der Waals surface area contributed by atoms with Gasteiger partial charge in [0.1, 0.15) is 28.4 Å². The number of nitrogens with zero attached hydrogens (tertiary/aromatic N) is 3. The van der Waals surface area contributed by atoms with Crippen molar-refractivity contribution >= 4 is 17.5 Å². The molecular formula is C21H23N3O3S. The van der Waals surface area contributed by atoms with Gasteiger partial charge in [-0.2, -0.15) is 5.26 Å². The lowest BCUT2D eigenvalue weighted by atomic mass is 9.91. The minimum atomic E-state index is 0.0497. The maximum atomic E-state index is 11.5. The van der Waals surface area contributed by atoms with Crippen molar-refractivity contribution in [2.45, 2.75) is 24.9 Å². The van der Waals surface area contributed by atoms with Crippen LogP contribution in [0.4, 0.5) is 0 Å². The van der Waals surface area contributed by atoms with E-state index in [0.29, 0.717) is 28.6 Å². The Bertz CT molecular complexity index is 953. The van der Waals surface area contributed by atoms with Gasteiger partial charge in [0.25, 0.3) is 0 Å². The highest BCUT2D eigenvalue weighted by atomic mass is 32.2. The molecule has 1 aromatic carbocycles. The normalized spacial score (nSPS) is 13.5. The summed E-state index contributed by atoms with van der Waals surface area (Å²) >= 11 is 1.32. The van der Waals surface area contributed by atoms with E-state index in [1.807, 2.05) is 18.2 Å². The first-order valence-corrected chi connectivity index (χ1v) is 9.96. The Morgan fingerprint density at radius 3 is 2.79 bits per heavy atom. The van der Waals surface area contributed by atoms with E-state index in [4.69, 9.17) is 14.5 Å². The molecule has 2 aromatic rings. The van der Waals surface area contributed by atoms with Crippen molar-refractivity contribution in [3.8, 4) is 28.7 Å². The van der Waals surface area contributed by atoms with Gasteiger partial charge in [0.05, 0.1) is 25.5 Å². The summed E-state index contributed by atoms with van der Waals surface area (Å²) in [6, 6.07) is 7.90. The molecule has 0 saturated carbocycles. The molecule has 28 heavy (non-hydrogen) atoms. The highest BCUT2D eigenvalue weighted by Gasteiger charge is 2.27. The third-order valence-corrected chi connectivity index (χ3v) is 5.83. The number of rotatable bonds is 6. The molecule has 146 valence electrons. The molecule has 1 aliphatic rings. The van der Waals surface area contributed by atoms with Crippen molar-refractivity contribution in [3.05, 3.63) is 35.0 Å². The van der Waals surface area contributed by atoms with Gasteiger partial charge in [-0.3, -0.25) is 4.79 Å². The molecular weight excluding hydrogens is 374 g/mol. The number of hydrogen-bond acceptors (Lipinski definition) is 7. The standard InChI is InChI=1S/C21H23N3O3S/c1-13(25)12-28-21-16(10-22)20(17-11-24(2)8-7-18(17)23-21)15-9-14(26-3)5-6-19(15)27-4/h5-6,9H,7-8,11-12H2,1-4H3. The second kappa shape index (κ2) is 8.63. The molecule has 1 aliphatic heterocycles. The van der Waals surface area contributed by atoms with Crippen LogP contribution in [0.3, 0.4) is 0 Å². The molecule has 0 atom stereocenters. The lowest BCUT2D eigenvalue weighted by Gasteiger charge is -2.28. The number of carbonyl (C=O) groups is 1. The molecule has 0 N–H and O–H groups in total. The van der Waals surface area contributed by atoms with Crippen LogP contribution in [0.2, 0.25) is 0 Å². The fourth-order valence-electron chi connectivity index (χ4n) is 3.36. The zero-order valence-electron chi connectivity index (χ0n) is 16.5. The van der Waals surface area contributed by atoms with Gasteiger partial charge in [0.15, 0.2) is 0 Å². The van der Waals surface area contributed by atoms with E-state index in [1.54, 1.807) is 21.1 Å². The fourth-order valence-corrected chi connectivity index (χ4v) is 4.16. The van der Waals surface area contributed by atoms with Crippen molar-refractivity contribution in [2.24, 2.45) is 0 Å². The molecule has 0 spiro atoms. The van der Waals surface area contributed by atoms with Crippen LogP contribution in [-0.2, 0) is 17.8 Å². The van der Waals surface area contributed by atoms with Crippen molar-refractivity contribution in [3.63, 3.8) is 0 Å². The van der Waals surface area contributed by atoms with E-state index in [1.165, 1.54) is 11.8 Å². The van der Waals surface area contributed by atoms with Crippen molar-refractivity contribution < 1.29 is 14.3 Å². The second-order valence-electron chi connectivity index (χ2n) is 6.75. The number of nitriles is 1. The summed E-state index contributed by atoms with van der Waals surface area (Å²) in [5.41, 5.74) is 4.11. The maximum absolute atomic E-state index is 11.5. The SMILES string of the molecule is COc1ccc(OC)c(-c2c(C#N)c(SCC(C)=O)nc3c2CN(C)CC3)c1. The number of pyridine rings is 1.